The van der Waals surface area contributed by atoms with Gasteiger partial charge < -0.3 is 19.3 Å². The van der Waals surface area contributed by atoms with Gasteiger partial charge in [0.1, 0.15) is 16.4 Å². The molecule has 33 heavy (non-hydrogen) atoms. The van der Waals surface area contributed by atoms with Crippen molar-refractivity contribution in [3.63, 3.8) is 0 Å². The summed E-state index contributed by atoms with van der Waals surface area (Å²) < 4.78 is 24.7. The van der Waals surface area contributed by atoms with Crippen molar-refractivity contribution in [3.05, 3.63) is 45.7 Å². The highest BCUT2D eigenvalue weighted by Crippen LogP contribution is 2.36. The van der Waals surface area contributed by atoms with Gasteiger partial charge in [0.2, 0.25) is 5.91 Å². The molecule has 0 spiro atoms. The molecule has 2 fully saturated rings. The van der Waals surface area contributed by atoms with Crippen molar-refractivity contribution < 1.29 is 23.5 Å². The second kappa shape index (κ2) is 10.2. The van der Waals surface area contributed by atoms with Gasteiger partial charge in [-0.2, -0.15) is 0 Å². The van der Waals surface area contributed by atoms with Gasteiger partial charge in [-0.15, -0.1) is 11.3 Å². The number of rotatable bonds is 6. The Balaban J connectivity index is 1.53. The molecule has 7 nitrogen and oxygen atoms in total. The molecule has 0 unspecified atom stereocenters. The molecule has 0 N–H and O–H groups in total. The van der Waals surface area contributed by atoms with E-state index in [0.717, 1.165) is 23.5 Å². The molecule has 178 valence electrons. The molecule has 1 atom stereocenters. The van der Waals surface area contributed by atoms with Gasteiger partial charge in [-0.3, -0.25) is 9.59 Å². The summed E-state index contributed by atoms with van der Waals surface area (Å²) in [5.41, 5.74) is 0.219. The first-order chi connectivity index (χ1) is 15.8. The number of nitrogens with zero attached hydrogens (tertiary/aromatic N) is 3. The quantitative estimate of drug-likeness (QED) is 0.640. The highest BCUT2D eigenvalue weighted by atomic mass is 32.1. The van der Waals surface area contributed by atoms with Gasteiger partial charge in [0.25, 0.3) is 5.91 Å². The van der Waals surface area contributed by atoms with Crippen LogP contribution in [0.1, 0.15) is 39.6 Å². The lowest BCUT2D eigenvalue weighted by Crippen LogP contribution is -2.52. The molecular formula is C24H30FN3O4S. The van der Waals surface area contributed by atoms with Crippen LogP contribution in [-0.4, -0.2) is 72.6 Å². The minimum Gasteiger partial charge on any atom is -0.493 e. The highest BCUT2D eigenvalue weighted by Gasteiger charge is 2.41. The molecule has 9 heteroatoms. The summed E-state index contributed by atoms with van der Waals surface area (Å²) in [6, 6.07) is 5.88. The molecule has 2 aliphatic rings. The van der Waals surface area contributed by atoms with E-state index in [2.05, 4.69) is 4.98 Å². The maximum Gasteiger partial charge on any atom is 0.265 e. The first kappa shape index (κ1) is 23.6. The average Bonchev–Trinajstić information content (AvgIpc) is 3.16. The number of hydrogen-bond donors (Lipinski definition) is 0. The number of thiazole rings is 1. The van der Waals surface area contributed by atoms with Crippen molar-refractivity contribution in [3.8, 4) is 5.75 Å². The Bertz CT molecular complexity index is 990. The van der Waals surface area contributed by atoms with Crippen LogP contribution in [0, 0.1) is 25.1 Å². The van der Waals surface area contributed by atoms with Gasteiger partial charge in [0.05, 0.1) is 30.5 Å². The van der Waals surface area contributed by atoms with Crippen LogP contribution < -0.4 is 4.74 Å². The number of carbonyl (C=O) groups excluding carboxylic acids is 2. The van der Waals surface area contributed by atoms with Crippen LogP contribution >= 0.6 is 11.3 Å². The molecular weight excluding hydrogens is 445 g/mol. The number of morpholine rings is 1. The molecule has 2 aromatic rings. The van der Waals surface area contributed by atoms with Gasteiger partial charge in [-0.05, 0) is 51.0 Å². The van der Waals surface area contributed by atoms with Crippen molar-refractivity contribution in [2.45, 2.75) is 33.1 Å². The van der Waals surface area contributed by atoms with Crippen molar-refractivity contribution in [2.24, 2.45) is 5.41 Å². The topological polar surface area (TPSA) is 72.0 Å². The maximum atomic E-state index is 13.3. The minimum atomic E-state index is -0.522. The van der Waals surface area contributed by atoms with Crippen molar-refractivity contribution in [1.82, 2.24) is 14.8 Å². The molecule has 4 rings (SSSR count). The Morgan fingerprint density at radius 1 is 1.15 bits per heavy atom. The van der Waals surface area contributed by atoms with Gasteiger partial charge in [-0.25, -0.2) is 9.37 Å². The number of hydrogen-bond acceptors (Lipinski definition) is 6. The smallest absolute Gasteiger partial charge is 0.265 e. The van der Waals surface area contributed by atoms with E-state index in [4.69, 9.17) is 9.47 Å². The first-order valence-corrected chi connectivity index (χ1v) is 12.1. The van der Waals surface area contributed by atoms with Crippen LogP contribution in [0.15, 0.2) is 24.3 Å². The molecule has 1 aromatic carbocycles. The van der Waals surface area contributed by atoms with E-state index in [-0.39, 0.29) is 24.2 Å². The second-order valence-electron chi connectivity index (χ2n) is 8.89. The molecule has 2 amide bonds. The van der Waals surface area contributed by atoms with E-state index >= 15 is 0 Å². The third-order valence-electron chi connectivity index (χ3n) is 6.30. The minimum absolute atomic E-state index is 0.0391. The van der Waals surface area contributed by atoms with Crippen LogP contribution in [0.3, 0.4) is 0 Å². The standard InChI is InChI=1S/C24H30FN3O4S/c1-17-22(33-18(2)26-17)23(30)28-9-3-8-24(15-28,14-21(29)27-10-12-31-13-11-27)16-32-20-6-4-19(25)5-7-20/h4-7H,3,8-16H2,1-2H3/t24-/m1/s1. The molecule has 2 aliphatic heterocycles. The molecule has 0 bridgehead atoms. The Kier molecular flexibility index (Phi) is 7.29. The summed E-state index contributed by atoms with van der Waals surface area (Å²) in [5, 5.41) is 0.862. The Hall–Kier alpha value is -2.52. The molecule has 0 aliphatic carbocycles. The van der Waals surface area contributed by atoms with Gasteiger partial charge in [-0.1, -0.05) is 0 Å². The molecule has 1 aromatic heterocycles. The van der Waals surface area contributed by atoms with Crippen LogP contribution in [0.5, 0.6) is 5.75 Å². The lowest BCUT2D eigenvalue weighted by molar-refractivity contribution is -0.139. The zero-order valence-electron chi connectivity index (χ0n) is 19.1. The van der Waals surface area contributed by atoms with Gasteiger partial charge >= 0.3 is 0 Å². The maximum absolute atomic E-state index is 13.3. The van der Waals surface area contributed by atoms with Crippen LogP contribution in [0.2, 0.25) is 0 Å². The van der Waals surface area contributed by atoms with Gasteiger partial charge in [0.15, 0.2) is 0 Å². The van der Waals surface area contributed by atoms with E-state index in [1.807, 2.05) is 23.6 Å². The number of halogens is 1. The predicted molar refractivity (Wildman–Crippen MR) is 123 cm³/mol. The third-order valence-corrected chi connectivity index (χ3v) is 7.36. The normalized spacial score (nSPS) is 21.2. The Morgan fingerprint density at radius 3 is 2.55 bits per heavy atom. The van der Waals surface area contributed by atoms with E-state index in [9.17, 15) is 14.0 Å². The SMILES string of the molecule is Cc1nc(C)c(C(=O)N2CCC[C@@](COc3ccc(F)cc3)(CC(=O)N3CCOCC3)C2)s1. The van der Waals surface area contributed by atoms with E-state index in [1.165, 1.54) is 23.5 Å². The number of aromatic nitrogens is 1. The summed E-state index contributed by atoms with van der Waals surface area (Å²) in [6.07, 6.45) is 1.85. The number of benzene rings is 1. The summed E-state index contributed by atoms with van der Waals surface area (Å²) in [5.74, 6) is 0.235. The number of likely N-dealkylation sites (tertiary alicyclic amines) is 1. The lowest BCUT2D eigenvalue weighted by atomic mass is 9.77. The number of ether oxygens (including phenoxy) is 2. The fourth-order valence-corrected chi connectivity index (χ4v) is 5.47. The molecule has 2 saturated heterocycles. The van der Waals surface area contributed by atoms with E-state index in [0.29, 0.717) is 56.4 Å². The lowest BCUT2D eigenvalue weighted by Gasteiger charge is -2.43. The highest BCUT2D eigenvalue weighted by molar-refractivity contribution is 7.13. The fraction of sp³-hybridized carbons (Fsp3) is 0.542. The van der Waals surface area contributed by atoms with Crippen molar-refractivity contribution in [2.75, 3.05) is 46.0 Å². The summed E-state index contributed by atoms with van der Waals surface area (Å²) in [4.78, 5) is 35.2. The van der Waals surface area contributed by atoms with E-state index < -0.39 is 5.41 Å². The second-order valence-corrected chi connectivity index (χ2v) is 10.1. The van der Waals surface area contributed by atoms with Crippen LogP contribution in [-0.2, 0) is 9.53 Å². The molecule has 3 heterocycles. The molecule has 0 radical (unpaired) electrons. The number of piperidine rings is 1. The van der Waals surface area contributed by atoms with Crippen LogP contribution in [0.25, 0.3) is 0 Å². The Morgan fingerprint density at radius 2 is 1.88 bits per heavy atom. The largest absolute Gasteiger partial charge is 0.493 e. The molecule has 0 saturated carbocycles. The third kappa shape index (κ3) is 5.70. The zero-order chi connectivity index (χ0) is 23.4. The average molecular weight is 476 g/mol. The summed E-state index contributed by atoms with van der Waals surface area (Å²) >= 11 is 1.41. The number of carbonyl (C=O) groups is 2. The monoisotopic (exact) mass is 475 g/mol. The Labute approximate surface area is 197 Å². The zero-order valence-corrected chi connectivity index (χ0v) is 20.0. The number of amides is 2. The number of aryl methyl sites for hydroxylation is 2. The predicted octanol–water partition coefficient (Wildman–Crippen LogP) is 3.45. The van der Waals surface area contributed by atoms with Gasteiger partial charge in [0, 0.05) is 38.0 Å². The summed E-state index contributed by atoms with van der Waals surface area (Å²) in [7, 11) is 0. The summed E-state index contributed by atoms with van der Waals surface area (Å²) in [6.45, 7) is 7.34. The van der Waals surface area contributed by atoms with Crippen molar-refractivity contribution in [1.29, 1.82) is 0 Å². The van der Waals surface area contributed by atoms with Crippen molar-refractivity contribution >= 4 is 23.2 Å². The fourth-order valence-electron chi connectivity index (χ4n) is 4.58. The van der Waals surface area contributed by atoms with E-state index in [1.54, 1.807) is 12.1 Å². The first-order valence-electron chi connectivity index (χ1n) is 11.3. The van der Waals surface area contributed by atoms with Crippen LogP contribution in [0.4, 0.5) is 4.39 Å².